The highest BCUT2D eigenvalue weighted by atomic mass is 79.9. The average molecular weight is 366 g/mol. The van der Waals surface area contributed by atoms with E-state index in [9.17, 15) is 0 Å². The molecule has 1 aromatic carbocycles. The van der Waals surface area contributed by atoms with Crippen molar-refractivity contribution >= 4 is 27.5 Å². The second-order valence-electron chi connectivity index (χ2n) is 5.87. The van der Waals surface area contributed by atoms with E-state index in [2.05, 4.69) is 40.0 Å². The lowest BCUT2D eigenvalue weighted by molar-refractivity contribution is 0.335. The normalized spacial score (nSPS) is 22.2. The first-order chi connectivity index (χ1) is 10.1. The smallest absolute Gasteiger partial charge is 0.147 e. The molecule has 4 heteroatoms. The number of nitrogens with zero attached hydrogens (tertiary/aromatic N) is 2. The lowest BCUT2D eigenvalue weighted by Gasteiger charge is -2.26. The fourth-order valence-corrected chi connectivity index (χ4v) is 3.66. The van der Waals surface area contributed by atoms with Gasteiger partial charge in [-0.2, -0.15) is 0 Å². The van der Waals surface area contributed by atoms with Crippen molar-refractivity contribution in [3.05, 3.63) is 45.8 Å². The number of hydrogen-bond acceptors (Lipinski definition) is 2. The molecule has 0 saturated heterocycles. The minimum atomic E-state index is 0.432. The van der Waals surface area contributed by atoms with Crippen LogP contribution in [0.4, 0.5) is 0 Å². The number of rotatable bonds is 2. The van der Waals surface area contributed by atoms with Gasteiger partial charge in [-0.1, -0.05) is 61.7 Å². The zero-order valence-electron chi connectivity index (χ0n) is 12.0. The standard InChI is InChI=1S/C17H18BrClN2/c1-11-6-5-9-13(10-11)17-20-15(14(18)16(19)21-17)12-7-3-2-4-8-12/h2-4,7-8,11,13H,5-6,9-10H2,1H3. The highest BCUT2D eigenvalue weighted by Crippen LogP contribution is 2.38. The maximum Gasteiger partial charge on any atom is 0.147 e. The minimum Gasteiger partial charge on any atom is -0.231 e. The molecule has 1 aromatic heterocycles. The molecular formula is C17H18BrClN2. The summed E-state index contributed by atoms with van der Waals surface area (Å²) in [4.78, 5) is 9.34. The van der Waals surface area contributed by atoms with Crippen LogP contribution in [0.2, 0.25) is 5.15 Å². The van der Waals surface area contributed by atoms with E-state index in [0.717, 1.165) is 40.3 Å². The van der Waals surface area contributed by atoms with E-state index in [1.54, 1.807) is 0 Å². The Balaban J connectivity index is 2.01. The Bertz CT molecular complexity index is 630. The fraction of sp³-hybridized carbons (Fsp3) is 0.412. The van der Waals surface area contributed by atoms with E-state index >= 15 is 0 Å². The van der Waals surface area contributed by atoms with Crippen LogP contribution in [0.1, 0.15) is 44.3 Å². The average Bonchev–Trinajstić information content (AvgIpc) is 2.51. The predicted octanol–water partition coefficient (Wildman–Crippen LogP) is 5.85. The van der Waals surface area contributed by atoms with Gasteiger partial charge in [0.15, 0.2) is 0 Å². The molecule has 0 spiro atoms. The molecule has 2 aromatic rings. The number of hydrogen-bond donors (Lipinski definition) is 0. The van der Waals surface area contributed by atoms with Crippen LogP contribution in [-0.4, -0.2) is 9.97 Å². The maximum atomic E-state index is 6.33. The van der Waals surface area contributed by atoms with Crippen molar-refractivity contribution in [1.29, 1.82) is 0 Å². The Morgan fingerprint density at radius 2 is 1.90 bits per heavy atom. The van der Waals surface area contributed by atoms with Crippen LogP contribution in [-0.2, 0) is 0 Å². The summed E-state index contributed by atoms with van der Waals surface area (Å²) in [7, 11) is 0. The second-order valence-corrected chi connectivity index (χ2v) is 7.02. The van der Waals surface area contributed by atoms with Crippen LogP contribution in [0, 0.1) is 5.92 Å². The van der Waals surface area contributed by atoms with Crippen LogP contribution in [0.15, 0.2) is 34.8 Å². The second kappa shape index (κ2) is 6.45. The predicted molar refractivity (Wildman–Crippen MR) is 90.6 cm³/mol. The zero-order valence-corrected chi connectivity index (χ0v) is 14.4. The Labute approximate surface area is 139 Å². The van der Waals surface area contributed by atoms with Gasteiger partial charge in [0.25, 0.3) is 0 Å². The molecule has 2 nitrogen and oxygen atoms in total. The number of benzene rings is 1. The van der Waals surface area contributed by atoms with Crippen LogP contribution in [0.25, 0.3) is 11.3 Å². The first kappa shape index (κ1) is 15.0. The maximum absolute atomic E-state index is 6.33. The van der Waals surface area contributed by atoms with E-state index in [0.29, 0.717) is 11.1 Å². The van der Waals surface area contributed by atoms with Crippen molar-refractivity contribution in [3.8, 4) is 11.3 Å². The van der Waals surface area contributed by atoms with Crippen LogP contribution >= 0.6 is 27.5 Å². The van der Waals surface area contributed by atoms with E-state index in [-0.39, 0.29) is 0 Å². The summed E-state index contributed by atoms with van der Waals surface area (Å²) >= 11 is 9.86. The quantitative estimate of drug-likeness (QED) is 0.623. The monoisotopic (exact) mass is 364 g/mol. The molecule has 1 aliphatic carbocycles. The first-order valence-electron chi connectivity index (χ1n) is 7.43. The topological polar surface area (TPSA) is 25.8 Å². The summed E-state index contributed by atoms with van der Waals surface area (Å²) in [6.07, 6.45) is 4.89. The summed E-state index contributed by atoms with van der Waals surface area (Å²) in [5.74, 6) is 2.07. The van der Waals surface area contributed by atoms with Gasteiger partial charge in [-0.15, -0.1) is 0 Å². The van der Waals surface area contributed by atoms with E-state index in [4.69, 9.17) is 16.6 Å². The summed E-state index contributed by atoms with van der Waals surface area (Å²) in [5, 5.41) is 0.511. The van der Waals surface area contributed by atoms with Crippen LogP contribution in [0.3, 0.4) is 0 Å². The van der Waals surface area contributed by atoms with E-state index < -0.39 is 0 Å². The molecule has 1 saturated carbocycles. The summed E-state index contributed by atoms with van der Waals surface area (Å²) in [5.41, 5.74) is 1.96. The molecule has 0 bridgehead atoms. The summed E-state index contributed by atoms with van der Waals surface area (Å²) in [6, 6.07) is 10.1. The molecule has 1 heterocycles. The van der Waals surface area contributed by atoms with Crippen molar-refractivity contribution in [2.45, 2.75) is 38.5 Å². The Morgan fingerprint density at radius 1 is 1.14 bits per heavy atom. The van der Waals surface area contributed by atoms with Gasteiger partial charge in [0.05, 0.1) is 10.2 Å². The highest BCUT2D eigenvalue weighted by molar-refractivity contribution is 9.10. The third-order valence-electron chi connectivity index (χ3n) is 4.18. The number of aromatic nitrogens is 2. The van der Waals surface area contributed by atoms with Crippen LogP contribution < -0.4 is 0 Å². The van der Waals surface area contributed by atoms with Crippen LogP contribution in [0.5, 0.6) is 0 Å². The van der Waals surface area contributed by atoms with Gasteiger partial charge in [0.1, 0.15) is 11.0 Å². The molecular weight excluding hydrogens is 348 g/mol. The largest absolute Gasteiger partial charge is 0.231 e. The minimum absolute atomic E-state index is 0.432. The van der Waals surface area contributed by atoms with E-state index in [1.165, 1.54) is 12.8 Å². The van der Waals surface area contributed by atoms with Gasteiger partial charge < -0.3 is 0 Å². The number of halogens is 2. The molecule has 0 radical (unpaired) electrons. The Morgan fingerprint density at radius 3 is 2.62 bits per heavy atom. The third-order valence-corrected chi connectivity index (χ3v) is 5.43. The highest BCUT2D eigenvalue weighted by Gasteiger charge is 2.24. The first-order valence-corrected chi connectivity index (χ1v) is 8.60. The Kier molecular flexibility index (Phi) is 4.60. The van der Waals surface area contributed by atoms with Crippen molar-refractivity contribution < 1.29 is 0 Å². The van der Waals surface area contributed by atoms with Gasteiger partial charge in [-0.3, -0.25) is 0 Å². The van der Waals surface area contributed by atoms with Gasteiger partial charge in [-0.05, 0) is 34.7 Å². The fourth-order valence-electron chi connectivity index (χ4n) is 3.07. The van der Waals surface area contributed by atoms with Crippen molar-refractivity contribution in [1.82, 2.24) is 9.97 Å². The van der Waals surface area contributed by atoms with Crippen molar-refractivity contribution in [2.24, 2.45) is 5.92 Å². The molecule has 110 valence electrons. The van der Waals surface area contributed by atoms with Gasteiger partial charge in [0, 0.05) is 11.5 Å². The van der Waals surface area contributed by atoms with Gasteiger partial charge in [-0.25, -0.2) is 9.97 Å². The summed E-state index contributed by atoms with van der Waals surface area (Å²) in [6.45, 7) is 2.31. The van der Waals surface area contributed by atoms with Crippen molar-refractivity contribution in [2.75, 3.05) is 0 Å². The summed E-state index contributed by atoms with van der Waals surface area (Å²) < 4.78 is 0.781. The third kappa shape index (κ3) is 3.29. The molecule has 0 N–H and O–H groups in total. The van der Waals surface area contributed by atoms with E-state index in [1.807, 2.05) is 18.2 Å². The van der Waals surface area contributed by atoms with Gasteiger partial charge >= 0.3 is 0 Å². The molecule has 0 aliphatic heterocycles. The SMILES string of the molecule is CC1CCCC(c2nc(Cl)c(Br)c(-c3ccccc3)n2)C1. The van der Waals surface area contributed by atoms with Gasteiger partial charge in [0.2, 0.25) is 0 Å². The molecule has 0 amide bonds. The molecule has 1 aliphatic rings. The Hall–Kier alpha value is -0.930. The molecule has 21 heavy (non-hydrogen) atoms. The zero-order chi connectivity index (χ0) is 14.8. The molecule has 1 fully saturated rings. The molecule has 2 unspecified atom stereocenters. The molecule has 3 rings (SSSR count). The van der Waals surface area contributed by atoms with Crippen molar-refractivity contribution in [3.63, 3.8) is 0 Å². The molecule has 2 atom stereocenters. The lowest BCUT2D eigenvalue weighted by atomic mass is 9.82. The lowest BCUT2D eigenvalue weighted by Crippen LogP contribution is -2.15.